The second kappa shape index (κ2) is 6.44. The van der Waals surface area contributed by atoms with Crippen LogP contribution in [0.5, 0.6) is 0 Å². The summed E-state index contributed by atoms with van der Waals surface area (Å²) in [6.07, 6.45) is 2.37. The smallest absolute Gasteiger partial charge is 0.0527 e. The van der Waals surface area contributed by atoms with Gasteiger partial charge in [-0.2, -0.15) is 0 Å². The molecule has 0 bridgehead atoms. The molecule has 1 aliphatic heterocycles. The van der Waals surface area contributed by atoms with Crippen molar-refractivity contribution in [2.45, 2.75) is 36.5 Å². The van der Waals surface area contributed by atoms with Crippen LogP contribution in [0.15, 0.2) is 52.3 Å². The quantitative estimate of drug-likeness (QED) is 0.667. The maximum atomic E-state index is 3.53. The first-order valence-electron chi connectivity index (χ1n) is 7.74. The van der Waals surface area contributed by atoms with Gasteiger partial charge in [0, 0.05) is 28.6 Å². The molecule has 2 aromatic carbocycles. The summed E-state index contributed by atoms with van der Waals surface area (Å²) in [5, 5.41) is 3.53. The van der Waals surface area contributed by atoms with Crippen LogP contribution in [0, 0.1) is 0 Å². The first-order valence-corrected chi connectivity index (χ1v) is 8.56. The zero-order chi connectivity index (χ0) is 14.7. The predicted octanol–water partition coefficient (Wildman–Crippen LogP) is 5.52. The van der Waals surface area contributed by atoms with Gasteiger partial charge in [0.1, 0.15) is 0 Å². The van der Waals surface area contributed by atoms with Gasteiger partial charge in [0.05, 0.1) is 11.4 Å². The largest absolute Gasteiger partial charge is 0.372 e. The topological polar surface area (TPSA) is 15.3 Å². The van der Waals surface area contributed by atoms with Crippen LogP contribution in [0.3, 0.4) is 0 Å². The Labute approximate surface area is 131 Å². The molecular formula is C18H22N2S. The molecule has 0 saturated carbocycles. The molecule has 1 heterocycles. The number of anilines is 3. The Balaban J connectivity index is 1.89. The highest BCUT2D eigenvalue weighted by Gasteiger charge is 2.16. The summed E-state index contributed by atoms with van der Waals surface area (Å²) in [6.45, 7) is 6.74. The lowest BCUT2D eigenvalue weighted by atomic mass is 10.2. The molecule has 21 heavy (non-hydrogen) atoms. The van der Waals surface area contributed by atoms with Crippen LogP contribution < -0.4 is 10.2 Å². The molecule has 0 unspecified atom stereocenters. The van der Waals surface area contributed by atoms with Crippen molar-refractivity contribution in [3.63, 3.8) is 0 Å². The number of nitrogens with one attached hydrogen (secondary N) is 1. The van der Waals surface area contributed by atoms with E-state index in [0.717, 1.165) is 13.1 Å². The molecule has 0 fully saturated rings. The normalized spacial score (nSPS) is 12.3. The van der Waals surface area contributed by atoms with Gasteiger partial charge in [0.15, 0.2) is 0 Å². The molecule has 1 aliphatic rings. The molecule has 110 valence electrons. The highest BCUT2D eigenvalue weighted by molar-refractivity contribution is 7.99. The third-order valence-electron chi connectivity index (χ3n) is 3.69. The Morgan fingerprint density at radius 2 is 1.62 bits per heavy atom. The van der Waals surface area contributed by atoms with E-state index < -0.39 is 0 Å². The number of hydrogen-bond donors (Lipinski definition) is 1. The summed E-state index contributed by atoms with van der Waals surface area (Å²) >= 11 is 1.86. The van der Waals surface area contributed by atoms with Crippen LogP contribution in [-0.2, 0) is 0 Å². The van der Waals surface area contributed by atoms with Crippen molar-refractivity contribution in [2.75, 3.05) is 23.3 Å². The fraction of sp³-hybridized carbons (Fsp3) is 0.333. The Morgan fingerprint density at radius 1 is 0.905 bits per heavy atom. The number of rotatable bonds is 5. The van der Waals surface area contributed by atoms with Crippen LogP contribution in [-0.4, -0.2) is 13.1 Å². The van der Waals surface area contributed by atoms with Gasteiger partial charge in [-0.15, -0.1) is 0 Å². The highest BCUT2D eigenvalue weighted by Crippen LogP contribution is 2.45. The zero-order valence-electron chi connectivity index (χ0n) is 12.7. The predicted molar refractivity (Wildman–Crippen MR) is 93.1 cm³/mol. The van der Waals surface area contributed by atoms with Gasteiger partial charge in [-0.05, 0) is 43.2 Å². The third kappa shape index (κ3) is 3.03. The molecule has 3 rings (SSSR count). The standard InChI is InChI=1S/C18H22N2S/c1-3-11-20(12-4-2)14-9-10-16-18(13-14)21-17-8-6-5-7-15(17)19-16/h5-10,13,19H,3-4,11-12H2,1-2H3. The van der Waals surface area contributed by atoms with Crippen molar-refractivity contribution >= 4 is 28.8 Å². The van der Waals surface area contributed by atoms with Crippen molar-refractivity contribution in [3.8, 4) is 0 Å². The molecule has 0 amide bonds. The van der Waals surface area contributed by atoms with E-state index in [4.69, 9.17) is 0 Å². The molecular weight excluding hydrogens is 276 g/mol. The fourth-order valence-corrected chi connectivity index (χ4v) is 3.75. The van der Waals surface area contributed by atoms with Crippen molar-refractivity contribution < 1.29 is 0 Å². The molecule has 2 nitrogen and oxygen atoms in total. The second-order valence-electron chi connectivity index (χ2n) is 5.39. The van der Waals surface area contributed by atoms with Gasteiger partial charge in [0.2, 0.25) is 0 Å². The molecule has 2 aromatic rings. The lowest BCUT2D eigenvalue weighted by molar-refractivity contribution is 0.744. The summed E-state index contributed by atoms with van der Waals surface area (Å²) in [5.41, 5.74) is 3.77. The number of benzene rings is 2. The van der Waals surface area contributed by atoms with Gasteiger partial charge in [-0.25, -0.2) is 0 Å². The summed E-state index contributed by atoms with van der Waals surface area (Å²) in [4.78, 5) is 5.12. The monoisotopic (exact) mass is 298 g/mol. The fourth-order valence-electron chi connectivity index (χ4n) is 2.73. The molecule has 0 saturated heterocycles. The van der Waals surface area contributed by atoms with Crippen LogP contribution in [0.1, 0.15) is 26.7 Å². The van der Waals surface area contributed by atoms with Crippen molar-refractivity contribution in [1.82, 2.24) is 0 Å². The van der Waals surface area contributed by atoms with E-state index in [1.54, 1.807) is 0 Å². The summed E-state index contributed by atoms with van der Waals surface area (Å²) in [5.74, 6) is 0. The summed E-state index contributed by atoms with van der Waals surface area (Å²) < 4.78 is 0. The summed E-state index contributed by atoms with van der Waals surface area (Å²) in [6, 6.07) is 15.3. The molecule has 0 aromatic heterocycles. The van der Waals surface area contributed by atoms with E-state index >= 15 is 0 Å². The van der Waals surface area contributed by atoms with E-state index in [9.17, 15) is 0 Å². The van der Waals surface area contributed by atoms with Gasteiger partial charge in [0.25, 0.3) is 0 Å². The van der Waals surface area contributed by atoms with Crippen LogP contribution in [0.4, 0.5) is 17.1 Å². The van der Waals surface area contributed by atoms with E-state index in [0.29, 0.717) is 0 Å². The average Bonchev–Trinajstić information content (AvgIpc) is 2.52. The molecule has 0 spiro atoms. The Kier molecular flexibility index (Phi) is 4.39. The molecule has 3 heteroatoms. The zero-order valence-corrected chi connectivity index (χ0v) is 13.5. The Morgan fingerprint density at radius 3 is 2.38 bits per heavy atom. The maximum Gasteiger partial charge on any atom is 0.0527 e. The van der Waals surface area contributed by atoms with Crippen LogP contribution >= 0.6 is 11.8 Å². The van der Waals surface area contributed by atoms with Gasteiger partial charge < -0.3 is 10.2 Å². The van der Waals surface area contributed by atoms with Gasteiger partial charge in [-0.1, -0.05) is 37.7 Å². The van der Waals surface area contributed by atoms with Gasteiger partial charge >= 0.3 is 0 Å². The first kappa shape index (κ1) is 14.3. The van der Waals surface area contributed by atoms with Crippen molar-refractivity contribution in [3.05, 3.63) is 42.5 Å². The minimum absolute atomic E-state index is 1.13. The van der Waals surface area contributed by atoms with Crippen molar-refractivity contribution in [1.29, 1.82) is 0 Å². The first-order chi connectivity index (χ1) is 10.3. The lowest BCUT2D eigenvalue weighted by Gasteiger charge is -2.27. The SMILES string of the molecule is CCCN(CCC)c1ccc2c(c1)Sc1ccccc1N2. The summed E-state index contributed by atoms with van der Waals surface area (Å²) in [7, 11) is 0. The second-order valence-corrected chi connectivity index (χ2v) is 6.47. The van der Waals surface area contributed by atoms with Gasteiger partial charge in [-0.3, -0.25) is 0 Å². The number of hydrogen-bond acceptors (Lipinski definition) is 3. The molecule has 0 aliphatic carbocycles. The minimum Gasteiger partial charge on any atom is -0.372 e. The molecule has 1 N–H and O–H groups in total. The van der Waals surface area contributed by atoms with Crippen molar-refractivity contribution in [2.24, 2.45) is 0 Å². The Bertz CT molecular complexity index is 618. The van der Waals surface area contributed by atoms with E-state index in [1.165, 1.54) is 39.7 Å². The number of nitrogens with zero attached hydrogens (tertiary/aromatic N) is 1. The third-order valence-corrected chi connectivity index (χ3v) is 4.83. The average molecular weight is 298 g/mol. The maximum absolute atomic E-state index is 3.53. The number of fused-ring (bicyclic) bond motifs is 2. The molecule has 0 radical (unpaired) electrons. The Hall–Kier alpha value is -1.61. The molecule has 0 atom stereocenters. The van der Waals surface area contributed by atoms with E-state index in [1.807, 2.05) is 11.8 Å². The lowest BCUT2D eigenvalue weighted by Crippen LogP contribution is -2.24. The van der Waals surface area contributed by atoms with E-state index in [2.05, 4.69) is 66.5 Å². The van der Waals surface area contributed by atoms with Crippen LogP contribution in [0.25, 0.3) is 0 Å². The minimum atomic E-state index is 1.13. The van der Waals surface area contributed by atoms with E-state index in [-0.39, 0.29) is 0 Å². The van der Waals surface area contributed by atoms with Crippen LogP contribution in [0.2, 0.25) is 0 Å². The number of para-hydroxylation sites is 1. The highest BCUT2D eigenvalue weighted by atomic mass is 32.2.